The number of amides is 2. The molecule has 0 radical (unpaired) electrons. The van der Waals surface area contributed by atoms with Crippen LogP contribution >= 0.6 is 0 Å². The van der Waals surface area contributed by atoms with Crippen molar-refractivity contribution in [1.29, 1.82) is 0 Å². The van der Waals surface area contributed by atoms with Crippen LogP contribution in [0, 0.1) is 0 Å². The molecular weight excluding hydrogens is 196 g/mol. The molecule has 5 heteroatoms. The van der Waals surface area contributed by atoms with E-state index in [-0.39, 0.29) is 31.4 Å². The fourth-order valence-corrected chi connectivity index (χ4v) is 1.61. The van der Waals surface area contributed by atoms with Crippen LogP contribution in [0.3, 0.4) is 0 Å². The van der Waals surface area contributed by atoms with Gasteiger partial charge in [0.1, 0.15) is 0 Å². The smallest absolute Gasteiger partial charge is 0.242 e. The third-order valence-electron chi connectivity index (χ3n) is 2.53. The van der Waals surface area contributed by atoms with Gasteiger partial charge < -0.3 is 14.9 Å². The Hall–Kier alpha value is -1.10. The molecule has 0 spiro atoms. The molecule has 0 bridgehead atoms. The quantitative estimate of drug-likeness (QED) is 0.683. The minimum atomic E-state index is -0.518. The first-order valence-electron chi connectivity index (χ1n) is 5.24. The van der Waals surface area contributed by atoms with E-state index in [1.54, 1.807) is 7.05 Å². The summed E-state index contributed by atoms with van der Waals surface area (Å²) in [4.78, 5) is 25.7. The molecule has 0 aromatic rings. The van der Waals surface area contributed by atoms with Crippen LogP contribution in [0.1, 0.15) is 19.8 Å². The summed E-state index contributed by atoms with van der Waals surface area (Å²) in [6.45, 7) is 2.46. The summed E-state index contributed by atoms with van der Waals surface area (Å²) in [5.41, 5.74) is 0. The topological polar surface area (TPSA) is 60.9 Å². The molecule has 1 rings (SSSR count). The lowest BCUT2D eigenvalue weighted by Gasteiger charge is -2.32. The van der Waals surface area contributed by atoms with Crippen LogP contribution in [0.4, 0.5) is 0 Å². The maximum Gasteiger partial charge on any atom is 0.242 e. The molecule has 1 unspecified atom stereocenters. The molecule has 1 atom stereocenters. The van der Waals surface area contributed by atoms with E-state index in [2.05, 4.69) is 0 Å². The molecule has 1 aliphatic rings. The molecule has 86 valence electrons. The molecule has 1 N–H and O–H groups in total. The first kappa shape index (κ1) is 12.0. The minimum Gasteiger partial charge on any atom is -0.391 e. The van der Waals surface area contributed by atoms with Gasteiger partial charge in [0.25, 0.3) is 0 Å². The van der Waals surface area contributed by atoms with E-state index in [1.165, 1.54) is 9.80 Å². The molecule has 0 aromatic heterocycles. The predicted molar refractivity (Wildman–Crippen MR) is 55.1 cm³/mol. The number of carbonyl (C=O) groups is 2. The summed E-state index contributed by atoms with van der Waals surface area (Å²) < 4.78 is 0. The normalized spacial score (nSPS) is 19.7. The largest absolute Gasteiger partial charge is 0.391 e. The molecule has 15 heavy (non-hydrogen) atoms. The number of likely N-dealkylation sites (N-methyl/N-ethyl adjacent to an activating group) is 1. The van der Waals surface area contributed by atoms with Crippen molar-refractivity contribution in [1.82, 2.24) is 9.80 Å². The molecule has 0 aliphatic carbocycles. The summed E-state index contributed by atoms with van der Waals surface area (Å²) >= 11 is 0. The number of piperazine rings is 1. The number of nitrogens with zero attached hydrogens (tertiary/aromatic N) is 2. The Kier molecular flexibility index (Phi) is 4.08. The van der Waals surface area contributed by atoms with Gasteiger partial charge in [0.15, 0.2) is 0 Å². The first-order valence-corrected chi connectivity index (χ1v) is 5.24. The van der Waals surface area contributed by atoms with E-state index in [4.69, 9.17) is 0 Å². The van der Waals surface area contributed by atoms with Crippen LogP contribution in [0.5, 0.6) is 0 Å². The monoisotopic (exact) mass is 214 g/mol. The van der Waals surface area contributed by atoms with E-state index >= 15 is 0 Å². The van der Waals surface area contributed by atoms with E-state index in [0.717, 1.165) is 6.42 Å². The predicted octanol–water partition coefficient (Wildman–Crippen LogP) is -0.552. The maximum absolute atomic E-state index is 11.5. The third-order valence-corrected chi connectivity index (χ3v) is 2.53. The Balaban J connectivity index is 2.48. The number of carbonyl (C=O) groups excluding carboxylic acids is 2. The summed E-state index contributed by atoms with van der Waals surface area (Å²) in [7, 11) is 1.61. The highest BCUT2D eigenvalue weighted by Crippen LogP contribution is 2.06. The Morgan fingerprint density at radius 1 is 1.33 bits per heavy atom. The summed E-state index contributed by atoms with van der Waals surface area (Å²) in [5, 5.41) is 9.55. The second-order valence-corrected chi connectivity index (χ2v) is 3.97. The van der Waals surface area contributed by atoms with Crippen LogP contribution in [-0.4, -0.2) is 59.5 Å². The van der Waals surface area contributed by atoms with Gasteiger partial charge in [-0.25, -0.2) is 0 Å². The van der Waals surface area contributed by atoms with Crippen LogP contribution < -0.4 is 0 Å². The third kappa shape index (κ3) is 3.20. The zero-order valence-corrected chi connectivity index (χ0v) is 9.27. The van der Waals surface area contributed by atoms with Crippen molar-refractivity contribution in [2.24, 2.45) is 0 Å². The molecule has 0 saturated carbocycles. The minimum absolute atomic E-state index is 0.0710. The standard InChI is InChI=1S/C10H18N2O3/c1-3-4-8(13)5-12-7-9(14)11(2)6-10(12)15/h8,13H,3-7H2,1-2H3. The average molecular weight is 214 g/mol. The number of β-amino-alcohol motifs (C(OH)–C–C–N with tert-alkyl or cyclic N) is 1. The van der Waals surface area contributed by atoms with Crippen LogP contribution in [0.25, 0.3) is 0 Å². The SMILES string of the molecule is CCCC(O)CN1CC(=O)N(C)CC1=O. The summed E-state index contributed by atoms with van der Waals surface area (Å²) in [6.07, 6.45) is 1.01. The van der Waals surface area contributed by atoms with Gasteiger partial charge in [0.05, 0.1) is 19.2 Å². The van der Waals surface area contributed by atoms with Gasteiger partial charge in [-0.15, -0.1) is 0 Å². The number of rotatable bonds is 4. The lowest BCUT2D eigenvalue weighted by atomic mass is 10.2. The molecular formula is C10H18N2O3. The van der Waals surface area contributed by atoms with Crippen LogP contribution in [-0.2, 0) is 9.59 Å². The number of hydrogen-bond donors (Lipinski definition) is 1. The fraction of sp³-hybridized carbons (Fsp3) is 0.800. The Labute approximate surface area is 89.7 Å². The van der Waals surface area contributed by atoms with Crippen LogP contribution in [0.15, 0.2) is 0 Å². The zero-order valence-electron chi connectivity index (χ0n) is 9.27. The van der Waals surface area contributed by atoms with E-state index < -0.39 is 6.10 Å². The Morgan fingerprint density at radius 3 is 2.60 bits per heavy atom. The molecule has 0 aromatic carbocycles. The molecule has 1 saturated heterocycles. The van der Waals surface area contributed by atoms with E-state index in [9.17, 15) is 14.7 Å². The number of aliphatic hydroxyl groups excluding tert-OH is 1. The Morgan fingerprint density at radius 2 is 2.00 bits per heavy atom. The lowest BCUT2D eigenvalue weighted by molar-refractivity contribution is -0.149. The second-order valence-electron chi connectivity index (χ2n) is 3.97. The van der Waals surface area contributed by atoms with Gasteiger partial charge in [0, 0.05) is 13.6 Å². The van der Waals surface area contributed by atoms with Crippen LogP contribution in [0.2, 0.25) is 0 Å². The fourth-order valence-electron chi connectivity index (χ4n) is 1.61. The van der Waals surface area contributed by atoms with Crippen molar-refractivity contribution in [2.75, 3.05) is 26.7 Å². The van der Waals surface area contributed by atoms with E-state index in [1.807, 2.05) is 6.92 Å². The molecule has 1 heterocycles. The average Bonchev–Trinajstić information content (AvgIpc) is 2.14. The zero-order chi connectivity index (χ0) is 11.4. The highest BCUT2D eigenvalue weighted by molar-refractivity contribution is 5.92. The van der Waals surface area contributed by atoms with Gasteiger partial charge in [-0.05, 0) is 6.42 Å². The second kappa shape index (κ2) is 5.11. The van der Waals surface area contributed by atoms with Gasteiger partial charge in [-0.2, -0.15) is 0 Å². The van der Waals surface area contributed by atoms with Gasteiger partial charge in [-0.1, -0.05) is 13.3 Å². The lowest BCUT2D eigenvalue weighted by Crippen LogP contribution is -2.53. The number of aliphatic hydroxyl groups is 1. The van der Waals surface area contributed by atoms with Gasteiger partial charge >= 0.3 is 0 Å². The highest BCUT2D eigenvalue weighted by Gasteiger charge is 2.28. The van der Waals surface area contributed by atoms with Crippen molar-refractivity contribution in [3.8, 4) is 0 Å². The van der Waals surface area contributed by atoms with Crippen molar-refractivity contribution >= 4 is 11.8 Å². The first-order chi connectivity index (χ1) is 7.04. The molecule has 1 aliphatic heterocycles. The summed E-state index contributed by atoms with van der Waals surface area (Å²) in [5.74, 6) is -0.162. The van der Waals surface area contributed by atoms with Gasteiger partial charge in [-0.3, -0.25) is 9.59 Å². The molecule has 5 nitrogen and oxygen atoms in total. The van der Waals surface area contributed by atoms with Crippen molar-refractivity contribution < 1.29 is 14.7 Å². The van der Waals surface area contributed by atoms with Crippen molar-refractivity contribution in [3.05, 3.63) is 0 Å². The molecule has 2 amide bonds. The Bertz CT molecular complexity index is 255. The number of hydrogen-bond acceptors (Lipinski definition) is 3. The van der Waals surface area contributed by atoms with Gasteiger partial charge in [0.2, 0.25) is 11.8 Å². The summed E-state index contributed by atoms with van der Waals surface area (Å²) in [6, 6.07) is 0. The molecule has 1 fully saturated rings. The van der Waals surface area contributed by atoms with Crippen molar-refractivity contribution in [2.45, 2.75) is 25.9 Å². The van der Waals surface area contributed by atoms with Crippen molar-refractivity contribution in [3.63, 3.8) is 0 Å². The van der Waals surface area contributed by atoms with E-state index in [0.29, 0.717) is 6.42 Å². The maximum atomic E-state index is 11.5. The highest BCUT2D eigenvalue weighted by atomic mass is 16.3.